The Balaban J connectivity index is 2.33. The van der Waals surface area contributed by atoms with Gasteiger partial charge in [-0.05, 0) is 17.2 Å². The Hall–Kier alpha value is -2.93. The number of carbonyl (C=O) groups excluding carboxylic acids is 1. The number of anilines is 1. The molecular weight excluding hydrogens is 296 g/mol. The minimum Gasteiger partial charge on any atom is -0.480 e. The van der Waals surface area contributed by atoms with Crippen LogP contribution >= 0.6 is 0 Å². The zero-order valence-electron chi connectivity index (χ0n) is 12.4. The lowest BCUT2D eigenvalue weighted by molar-refractivity contribution is -0.137. The zero-order chi connectivity index (χ0) is 16.8. The highest BCUT2D eigenvalue weighted by molar-refractivity contribution is 5.97. The third kappa shape index (κ3) is 4.04. The van der Waals surface area contributed by atoms with Crippen LogP contribution in [-0.4, -0.2) is 28.0 Å². The van der Waals surface area contributed by atoms with Gasteiger partial charge in [-0.3, -0.25) is 4.79 Å². The first-order valence-corrected chi connectivity index (χ1v) is 7.04. The third-order valence-corrected chi connectivity index (χ3v) is 3.39. The Morgan fingerprint density at radius 2 is 1.91 bits per heavy atom. The predicted octanol–water partition coefficient (Wildman–Crippen LogP) is 0.747. The second kappa shape index (κ2) is 7.37. The highest BCUT2D eigenvalue weighted by Crippen LogP contribution is 2.21. The Morgan fingerprint density at radius 1 is 1.22 bits per heavy atom. The highest BCUT2D eigenvalue weighted by atomic mass is 16.4. The molecule has 0 fully saturated rings. The van der Waals surface area contributed by atoms with Crippen molar-refractivity contribution in [1.29, 1.82) is 0 Å². The Kier molecular flexibility index (Phi) is 5.27. The number of rotatable bonds is 7. The predicted molar refractivity (Wildman–Crippen MR) is 85.8 cm³/mol. The number of nitrogens with zero attached hydrogens (tertiary/aromatic N) is 1. The minimum atomic E-state index is -1.05. The molecule has 0 aliphatic carbocycles. The highest BCUT2D eigenvalue weighted by Gasteiger charge is 2.22. The molecule has 1 aromatic carbocycles. The van der Waals surface area contributed by atoms with Gasteiger partial charge in [0.2, 0.25) is 0 Å². The zero-order valence-corrected chi connectivity index (χ0v) is 12.4. The van der Waals surface area contributed by atoms with Crippen molar-refractivity contribution in [2.24, 2.45) is 11.5 Å². The van der Waals surface area contributed by atoms with E-state index in [2.05, 4.69) is 10.3 Å². The second-order valence-corrected chi connectivity index (χ2v) is 4.99. The number of carboxylic acid groups (broad SMARTS) is 1. The lowest BCUT2D eigenvalue weighted by atomic mass is 10.0. The summed E-state index contributed by atoms with van der Waals surface area (Å²) >= 11 is 0. The SMILES string of the molecule is NCc1ccnc(C(N)=O)c1N[C@@H](Cc1ccccc1)C(=O)O. The molecule has 1 atom stereocenters. The van der Waals surface area contributed by atoms with Crippen LogP contribution in [0.2, 0.25) is 0 Å². The van der Waals surface area contributed by atoms with Crippen molar-refractivity contribution in [3.05, 3.63) is 59.4 Å². The van der Waals surface area contributed by atoms with Crippen molar-refractivity contribution in [3.8, 4) is 0 Å². The van der Waals surface area contributed by atoms with E-state index in [0.29, 0.717) is 5.56 Å². The van der Waals surface area contributed by atoms with Gasteiger partial charge in [-0.1, -0.05) is 30.3 Å². The number of primary amides is 1. The number of benzene rings is 1. The summed E-state index contributed by atoms with van der Waals surface area (Å²) in [5.41, 5.74) is 12.6. The molecule has 0 saturated heterocycles. The van der Waals surface area contributed by atoms with E-state index in [1.54, 1.807) is 6.07 Å². The summed E-state index contributed by atoms with van der Waals surface area (Å²) in [7, 11) is 0. The number of nitrogens with two attached hydrogens (primary N) is 2. The summed E-state index contributed by atoms with van der Waals surface area (Å²) in [6.45, 7) is 0.128. The molecule has 120 valence electrons. The van der Waals surface area contributed by atoms with Gasteiger partial charge in [0.25, 0.3) is 5.91 Å². The molecule has 23 heavy (non-hydrogen) atoms. The lowest BCUT2D eigenvalue weighted by Crippen LogP contribution is -2.33. The van der Waals surface area contributed by atoms with E-state index >= 15 is 0 Å². The number of pyridine rings is 1. The molecular formula is C16H18N4O3. The molecule has 1 heterocycles. The lowest BCUT2D eigenvalue weighted by Gasteiger charge is -2.19. The first-order chi connectivity index (χ1) is 11.0. The maximum absolute atomic E-state index is 11.6. The average Bonchev–Trinajstić information content (AvgIpc) is 2.55. The fraction of sp³-hybridized carbons (Fsp3) is 0.188. The van der Waals surface area contributed by atoms with Gasteiger partial charge in [-0.15, -0.1) is 0 Å². The molecule has 7 nitrogen and oxygen atoms in total. The number of hydrogen-bond donors (Lipinski definition) is 4. The van der Waals surface area contributed by atoms with Gasteiger partial charge in [-0.25, -0.2) is 9.78 Å². The molecule has 1 amide bonds. The van der Waals surface area contributed by atoms with Gasteiger partial charge in [0.1, 0.15) is 6.04 Å². The van der Waals surface area contributed by atoms with Crippen molar-refractivity contribution in [1.82, 2.24) is 4.98 Å². The van der Waals surface area contributed by atoms with E-state index < -0.39 is 17.9 Å². The van der Waals surface area contributed by atoms with E-state index in [1.165, 1.54) is 6.20 Å². The van der Waals surface area contributed by atoms with E-state index in [1.807, 2.05) is 30.3 Å². The number of nitrogens with one attached hydrogen (secondary N) is 1. The number of carbonyl (C=O) groups is 2. The van der Waals surface area contributed by atoms with Crippen LogP contribution in [-0.2, 0) is 17.8 Å². The molecule has 0 radical (unpaired) electrons. The van der Waals surface area contributed by atoms with Crippen LogP contribution in [0.5, 0.6) is 0 Å². The van der Waals surface area contributed by atoms with Gasteiger partial charge < -0.3 is 21.9 Å². The topological polar surface area (TPSA) is 131 Å². The number of carboxylic acids is 1. The van der Waals surface area contributed by atoms with Crippen LogP contribution in [0, 0.1) is 0 Å². The Morgan fingerprint density at radius 3 is 2.48 bits per heavy atom. The van der Waals surface area contributed by atoms with Crippen molar-refractivity contribution >= 4 is 17.6 Å². The summed E-state index contributed by atoms with van der Waals surface area (Å²) in [5.74, 6) is -1.79. The largest absolute Gasteiger partial charge is 0.480 e. The molecule has 0 saturated carbocycles. The normalized spacial score (nSPS) is 11.7. The smallest absolute Gasteiger partial charge is 0.326 e. The summed E-state index contributed by atoms with van der Waals surface area (Å²) in [6.07, 6.45) is 1.66. The fourth-order valence-electron chi connectivity index (χ4n) is 2.24. The molecule has 0 spiro atoms. The molecule has 0 bridgehead atoms. The van der Waals surface area contributed by atoms with Gasteiger partial charge in [0.15, 0.2) is 5.69 Å². The van der Waals surface area contributed by atoms with Crippen molar-refractivity contribution in [2.75, 3.05) is 5.32 Å². The first kappa shape index (κ1) is 16.4. The van der Waals surface area contributed by atoms with Crippen molar-refractivity contribution in [3.63, 3.8) is 0 Å². The minimum absolute atomic E-state index is 0.0211. The molecule has 0 unspecified atom stereocenters. The van der Waals surface area contributed by atoms with Crippen molar-refractivity contribution < 1.29 is 14.7 Å². The number of hydrogen-bond acceptors (Lipinski definition) is 5. The van der Waals surface area contributed by atoms with E-state index in [0.717, 1.165) is 5.56 Å². The molecule has 1 aromatic heterocycles. The first-order valence-electron chi connectivity index (χ1n) is 7.04. The van der Waals surface area contributed by atoms with Gasteiger partial charge in [0, 0.05) is 19.2 Å². The van der Waals surface area contributed by atoms with E-state index in [9.17, 15) is 14.7 Å². The molecule has 7 heteroatoms. The maximum Gasteiger partial charge on any atom is 0.326 e. The summed E-state index contributed by atoms with van der Waals surface area (Å²) in [6, 6.07) is 9.86. The van der Waals surface area contributed by atoms with Gasteiger partial charge in [0.05, 0.1) is 5.69 Å². The quantitative estimate of drug-likeness (QED) is 0.596. The molecule has 0 aliphatic rings. The average molecular weight is 314 g/mol. The summed E-state index contributed by atoms with van der Waals surface area (Å²) in [4.78, 5) is 27.0. The fourth-order valence-corrected chi connectivity index (χ4v) is 2.24. The molecule has 2 rings (SSSR count). The summed E-state index contributed by atoms with van der Waals surface area (Å²) < 4.78 is 0. The third-order valence-electron chi connectivity index (χ3n) is 3.39. The van der Waals surface area contributed by atoms with Gasteiger partial charge >= 0.3 is 5.97 Å². The van der Waals surface area contributed by atoms with Gasteiger partial charge in [-0.2, -0.15) is 0 Å². The van der Waals surface area contributed by atoms with E-state index in [4.69, 9.17) is 11.5 Å². The van der Waals surface area contributed by atoms with Crippen LogP contribution in [0.25, 0.3) is 0 Å². The number of aromatic nitrogens is 1. The summed E-state index contributed by atoms with van der Waals surface area (Å²) in [5, 5.41) is 12.3. The van der Waals surface area contributed by atoms with Crippen LogP contribution in [0.3, 0.4) is 0 Å². The van der Waals surface area contributed by atoms with Crippen LogP contribution in [0.1, 0.15) is 21.6 Å². The van der Waals surface area contributed by atoms with Crippen LogP contribution in [0.4, 0.5) is 5.69 Å². The number of aliphatic carboxylic acids is 1. The molecule has 6 N–H and O–H groups in total. The molecule has 0 aliphatic heterocycles. The number of amides is 1. The Labute approximate surface area is 133 Å². The Bertz CT molecular complexity index is 704. The van der Waals surface area contributed by atoms with E-state index in [-0.39, 0.29) is 24.3 Å². The second-order valence-electron chi connectivity index (χ2n) is 4.99. The van der Waals surface area contributed by atoms with Crippen molar-refractivity contribution in [2.45, 2.75) is 19.0 Å². The molecule has 2 aromatic rings. The van der Waals surface area contributed by atoms with Crippen LogP contribution in [0.15, 0.2) is 42.6 Å². The monoisotopic (exact) mass is 314 g/mol. The maximum atomic E-state index is 11.6. The standard InChI is InChI=1S/C16H18N4O3/c17-9-11-6-7-19-14(15(18)21)13(11)20-12(16(22)23)8-10-4-2-1-3-5-10/h1-7,12,20H,8-9,17H2,(H2,18,21)(H,22,23)/t12-/m0/s1. The van der Waals surface area contributed by atoms with Crippen LogP contribution < -0.4 is 16.8 Å².